The van der Waals surface area contributed by atoms with Gasteiger partial charge in [0.1, 0.15) is 5.82 Å². The van der Waals surface area contributed by atoms with Crippen LogP contribution in [-0.4, -0.2) is 48.1 Å². The molecule has 0 saturated carbocycles. The van der Waals surface area contributed by atoms with E-state index in [0.29, 0.717) is 6.07 Å². The summed E-state index contributed by atoms with van der Waals surface area (Å²) >= 11 is 0. The summed E-state index contributed by atoms with van der Waals surface area (Å²) in [5.41, 5.74) is 0.263. The van der Waals surface area contributed by atoms with E-state index in [1.54, 1.807) is 6.92 Å². The summed E-state index contributed by atoms with van der Waals surface area (Å²) in [7, 11) is 0. The zero-order valence-electron chi connectivity index (χ0n) is 15.7. The minimum Gasteiger partial charge on any atom is -0.468 e. The third-order valence-corrected chi connectivity index (χ3v) is 3.36. The minimum atomic E-state index is -4.75. The van der Waals surface area contributed by atoms with E-state index in [4.69, 9.17) is 0 Å². The number of carbonyl (C=O) groups is 1. The van der Waals surface area contributed by atoms with Gasteiger partial charge in [-0.05, 0) is 31.2 Å². The Morgan fingerprint density at radius 2 is 1.45 bits per heavy atom. The lowest BCUT2D eigenvalue weighted by molar-refractivity contribution is -0.154. The van der Waals surface area contributed by atoms with Crippen LogP contribution in [0.4, 0.5) is 47.2 Å². The molecule has 170 valence electrons. The topological polar surface area (TPSA) is 76.6 Å². The van der Waals surface area contributed by atoms with E-state index in [9.17, 15) is 35.5 Å². The number of rotatable bonds is 7. The molecule has 0 aliphatic heterocycles. The van der Waals surface area contributed by atoms with Crippen LogP contribution in [0.3, 0.4) is 0 Å². The molecule has 2 rings (SSSR count). The average Bonchev–Trinajstić information content (AvgIpc) is 2.66. The van der Waals surface area contributed by atoms with E-state index >= 15 is 0 Å². The average molecular weight is 456 g/mol. The van der Waals surface area contributed by atoms with Crippen LogP contribution in [-0.2, 0) is 0 Å². The van der Waals surface area contributed by atoms with Crippen molar-refractivity contribution in [2.45, 2.75) is 19.3 Å². The fourth-order valence-electron chi connectivity index (χ4n) is 2.15. The van der Waals surface area contributed by atoms with E-state index < -0.39 is 55.1 Å². The van der Waals surface area contributed by atoms with Gasteiger partial charge in [0.05, 0.1) is 6.07 Å². The smallest absolute Gasteiger partial charge is 0.422 e. The summed E-state index contributed by atoms with van der Waals surface area (Å²) in [6.07, 6.45) is -9.49. The molecule has 1 heterocycles. The number of anilines is 2. The molecule has 2 amide bonds. The van der Waals surface area contributed by atoms with Crippen LogP contribution in [0.15, 0.2) is 30.3 Å². The molecule has 0 bridgehead atoms. The molecular formula is C17H15F7N4O3. The van der Waals surface area contributed by atoms with Gasteiger partial charge < -0.3 is 9.47 Å². The Morgan fingerprint density at radius 3 is 1.87 bits per heavy atom. The van der Waals surface area contributed by atoms with Crippen molar-refractivity contribution in [2.24, 2.45) is 0 Å². The Balaban J connectivity index is 2.24. The zero-order valence-corrected chi connectivity index (χ0v) is 15.7. The maximum absolute atomic E-state index is 13.1. The maximum atomic E-state index is 13.1. The lowest BCUT2D eigenvalue weighted by Crippen LogP contribution is -2.35. The summed E-state index contributed by atoms with van der Waals surface area (Å²) in [5, 5.41) is 2.13. The van der Waals surface area contributed by atoms with Gasteiger partial charge in [0.2, 0.25) is 17.7 Å². The predicted octanol–water partition coefficient (Wildman–Crippen LogP) is 4.56. The molecule has 1 N–H and O–H groups in total. The fourth-order valence-corrected chi connectivity index (χ4v) is 2.15. The SMILES string of the molecule is CCN(C(=O)Nc1nc(OCC(F)(F)F)cc(OCC(F)(F)F)n1)c1ccc(F)cc1. The Hall–Kier alpha value is -3.32. The van der Waals surface area contributed by atoms with Crippen molar-refractivity contribution in [1.82, 2.24) is 9.97 Å². The first kappa shape index (κ1) is 24.0. The highest BCUT2D eigenvalue weighted by molar-refractivity contribution is 6.00. The normalized spacial score (nSPS) is 11.7. The quantitative estimate of drug-likeness (QED) is 0.619. The largest absolute Gasteiger partial charge is 0.468 e. The van der Waals surface area contributed by atoms with Gasteiger partial charge in [0.15, 0.2) is 13.2 Å². The van der Waals surface area contributed by atoms with Gasteiger partial charge in [-0.2, -0.15) is 36.3 Å². The molecule has 2 aromatic rings. The van der Waals surface area contributed by atoms with Crippen LogP contribution >= 0.6 is 0 Å². The number of carbonyl (C=O) groups excluding carboxylic acids is 1. The van der Waals surface area contributed by atoms with Crippen LogP contribution in [0.25, 0.3) is 0 Å². The van der Waals surface area contributed by atoms with Crippen molar-refractivity contribution in [1.29, 1.82) is 0 Å². The summed E-state index contributed by atoms with van der Waals surface area (Å²) in [6, 6.07) is 4.50. The van der Waals surface area contributed by atoms with Gasteiger partial charge in [-0.1, -0.05) is 0 Å². The molecule has 0 fully saturated rings. The highest BCUT2D eigenvalue weighted by Crippen LogP contribution is 2.24. The molecule has 0 spiro atoms. The lowest BCUT2D eigenvalue weighted by Gasteiger charge is -2.21. The molecule has 0 aliphatic rings. The van der Waals surface area contributed by atoms with E-state index in [1.165, 1.54) is 12.1 Å². The molecule has 1 aromatic carbocycles. The lowest BCUT2D eigenvalue weighted by atomic mass is 10.3. The number of hydrogen-bond donors (Lipinski definition) is 1. The second-order valence-corrected chi connectivity index (χ2v) is 5.83. The van der Waals surface area contributed by atoms with Crippen LogP contribution in [0.1, 0.15) is 6.92 Å². The minimum absolute atomic E-state index is 0.0825. The second-order valence-electron chi connectivity index (χ2n) is 5.83. The Kier molecular flexibility index (Phi) is 7.46. The Morgan fingerprint density at radius 1 is 0.968 bits per heavy atom. The third-order valence-electron chi connectivity index (χ3n) is 3.36. The van der Waals surface area contributed by atoms with Gasteiger partial charge in [0.25, 0.3) is 0 Å². The Bertz CT molecular complexity index is 853. The summed E-state index contributed by atoms with van der Waals surface area (Å²) in [4.78, 5) is 20.6. The van der Waals surface area contributed by atoms with Crippen LogP contribution < -0.4 is 19.7 Å². The van der Waals surface area contributed by atoms with Crippen molar-refractivity contribution < 1.29 is 45.0 Å². The maximum Gasteiger partial charge on any atom is 0.422 e. The molecule has 1 aromatic heterocycles. The fraction of sp³-hybridized carbons (Fsp3) is 0.353. The number of ether oxygens (including phenoxy) is 2. The van der Waals surface area contributed by atoms with E-state index in [0.717, 1.165) is 17.0 Å². The molecule has 14 heteroatoms. The van der Waals surface area contributed by atoms with Gasteiger partial charge >= 0.3 is 18.4 Å². The van der Waals surface area contributed by atoms with Gasteiger partial charge in [-0.25, -0.2) is 9.18 Å². The van der Waals surface area contributed by atoms with Crippen molar-refractivity contribution in [2.75, 3.05) is 30.0 Å². The van der Waals surface area contributed by atoms with Gasteiger partial charge in [0, 0.05) is 12.2 Å². The molecule has 0 unspecified atom stereocenters. The molecule has 0 aliphatic carbocycles. The zero-order chi connectivity index (χ0) is 23.2. The molecular weight excluding hydrogens is 441 g/mol. The van der Waals surface area contributed by atoms with Crippen LogP contribution in [0.5, 0.6) is 11.8 Å². The second kappa shape index (κ2) is 9.66. The van der Waals surface area contributed by atoms with Crippen molar-refractivity contribution >= 4 is 17.7 Å². The van der Waals surface area contributed by atoms with Crippen molar-refractivity contribution in [3.05, 3.63) is 36.1 Å². The van der Waals surface area contributed by atoms with Crippen LogP contribution in [0.2, 0.25) is 0 Å². The number of nitrogens with one attached hydrogen (secondary N) is 1. The standard InChI is InChI=1S/C17H15F7N4O3/c1-2-28(11-5-3-10(18)4-6-11)15(29)27-14-25-12(30-8-16(19,20)21)7-13(26-14)31-9-17(22,23)24/h3-7H,2,8-9H2,1H3,(H,25,26,27,29). The predicted molar refractivity (Wildman–Crippen MR) is 93.6 cm³/mol. The van der Waals surface area contributed by atoms with Crippen LogP contribution in [0, 0.1) is 5.82 Å². The van der Waals surface area contributed by atoms with E-state index in [-0.39, 0.29) is 12.2 Å². The highest BCUT2D eigenvalue weighted by atomic mass is 19.4. The molecule has 0 radical (unpaired) electrons. The molecule has 0 saturated heterocycles. The number of aromatic nitrogens is 2. The number of amides is 2. The first-order chi connectivity index (χ1) is 14.4. The first-order valence-electron chi connectivity index (χ1n) is 8.48. The first-order valence-corrected chi connectivity index (χ1v) is 8.48. The van der Waals surface area contributed by atoms with E-state index in [1.807, 2.05) is 0 Å². The number of nitrogens with zero attached hydrogens (tertiary/aromatic N) is 3. The summed E-state index contributed by atoms with van der Waals surface area (Å²) in [5.74, 6) is -2.76. The number of benzene rings is 1. The monoisotopic (exact) mass is 456 g/mol. The Labute approximate surface area is 170 Å². The number of hydrogen-bond acceptors (Lipinski definition) is 5. The van der Waals surface area contributed by atoms with Gasteiger partial charge in [-0.3, -0.25) is 10.2 Å². The van der Waals surface area contributed by atoms with Crippen molar-refractivity contribution in [3.8, 4) is 11.8 Å². The highest BCUT2D eigenvalue weighted by Gasteiger charge is 2.30. The molecule has 0 atom stereocenters. The van der Waals surface area contributed by atoms with E-state index in [2.05, 4.69) is 24.8 Å². The number of alkyl halides is 6. The number of halogens is 7. The van der Waals surface area contributed by atoms with Gasteiger partial charge in [-0.15, -0.1) is 0 Å². The summed E-state index contributed by atoms with van der Waals surface area (Å²) in [6.45, 7) is -1.91. The van der Waals surface area contributed by atoms with Crippen molar-refractivity contribution in [3.63, 3.8) is 0 Å². The molecule has 31 heavy (non-hydrogen) atoms. The third kappa shape index (κ3) is 8.14. The molecule has 7 nitrogen and oxygen atoms in total. The summed E-state index contributed by atoms with van der Waals surface area (Å²) < 4.78 is 96.1. The number of urea groups is 1.